The van der Waals surface area contributed by atoms with Gasteiger partial charge in [-0.05, 0) is 49.4 Å². The number of hydrogen-bond donors (Lipinski definition) is 0. The van der Waals surface area contributed by atoms with Crippen LogP contribution in [0.25, 0.3) is 0 Å². The van der Waals surface area contributed by atoms with E-state index in [1.165, 1.54) is 24.9 Å². The zero-order valence-corrected chi connectivity index (χ0v) is 19.3. The van der Waals surface area contributed by atoms with E-state index >= 15 is 0 Å². The van der Waals surface area contributed by atoms with E-state index in [4.69, 9.17) is 21.1 Å². The van der Waals surface area contributed by atoms with Crippen LogP contribution in [0.4, 0.5) is 5.69 Å². The average Bonchev–Trinajstić information content (AvgIpc) is 3.44. The first-order valence-corrected chi connectivity index (χ1v) is 12.4. The maximum atomic E-state index is 13.0. The Labute approximate surface area is 190 Å². The molecular formula is C25H33ClN2O3. The van der Waals surface area contributed by atoms with Gasteiger partial charge in [-0.3, -0.25) is 9.69 Å². The number of anilines is 1. The lowest BCUT2D eigenvalue weighted by molar-refractivity contribution is -0.146. The molecule has 3 saturated heterocycles. The second kappa shape index (κ2) is 7.10. The molecule has 1 spiro atoms. The smallest absolute Gasteiger partial charge is 0.311 e. The van der Waals surface area contributed by atoms with Gasteiger partial charge in [0.15, 0.2) is 0 Å². The fourth-order valence-electron chi connectivity index (χ4n) is 7.56. The molecule has 0 radical (unpaired) electrons. The van der Waals surface area contributed by atoms with E-state index in [2.05, 4.69) is 35.8 Å². The molecule has 0 unspecified atom stereocenters. The number of esters is 1. The van der Waals surface area contributed by atoms with E-state index in [0.717, 1.165) is 44.2 Å². The van der Waals surface area contributed by atoms with Crippen LogP contribution in [-0.4, -0.2) is 61.4 Å². The van der Waals surface area contributed by atoms with Gasteiger partial charge in [-0.25, -0.2) is 0 Å². The molecule has 2 aliphatic carbocycles. The van der Waals surface area contributed by atoms with Crippen LogP contribution >= 0.6 is 11.6 Å². The number of carbonyl (C=O) groups is 1. The number of epoxide rings is 1. The van der Waals surface area contributed by atoms with Crippen LogP contribution in [0.1, 0.15) is 39.5 Å². The Morgan fingerprint density at radius 1 is 1.16 bits per heavy atom. The van der Waals surface area contributed by atoms with Crippen molar-refractivity contribution >= 4 is 23.3 Å². The summed E-state index contributed by atoms with van der Waals surface area (Å²) in [7, 11) is 0. The highest BCUT2D eigenvalue weighted by molar-refractivity contribution is 6.30. The van der Waals surface area contributed by atoms with Gasteiger partial charge in [0.25, 0.3) is 0 Å². The molecule has 5 nitrogen and oxygen atoms in total. The van der Waals surface area contributed by atoms with Crippen molar-refractivity contribution in [2.45, 2.75) is 57.3 Å². The summed E-state index contributed by atoms with van der Waals surface area (Å²) in [6, 6.07) is 8.08. The minimum atomic E-state index is -0.0462. The van der Waals surface area contributed by atoms with Gasteiger partial charge in [0, 0.05) is 54.8 Å². The number of halogens is 1. The SMILES string of the molecule is C[C@@H]1CCC[C@@]2(C)C[C@H]3OC(=O)[C@H](CN4CCN(c5ccc(Cl)cc5)CC4)[C@@H]3[C@@H]3O[C@]132. The predicted molar refractivity (Wildman–Crippen MR) is 120 cm³/mol. The predicted octanol–water partition coefficient (Wildman–Crippen LogP) is 3.99. The molecule has 31 heavy (non-hydrogen) atoms. The highest BCUT2D eigenvalue weighted by Crippen LogP contribution is 2.70. The van der Waals surface area contributed by atoms with E-state index < -0.39 is 0 Å². The van der Waals surface area contributed by atoms with Crippen LogP contribution in [0.2, 0.25) is 5.02 Å². The Bertz CT molecular complexity index is 870. The molecule has 1 aromatic carbocycles. The second-order valence-electron chi connectivity index (χ2n) is 10.8. The summed E-state index contributed by atoms with van der Waals surface area (Å²) in [5.41, 5.74) is 1.37. The number of nitrogens with zero attached hydrogens (tertiary/aromatic N) is 2. The molecule has 0 N–H and O–H groups in total. The lowest BCUT2D eigenvalue weighted by Gasteiger charge is -2.49. The summed E-state index contributed by atoms with van der Waals surface area (Å²) in [5, 5.41) is 0.771. The van der Waals surface area contributed by atoms with E-state index in [9.17, 15) is 4.79 Å². The first kappa shape index (κ1) is 20.3. The second-order valence-corrected chi connectivity index (χ2v) is 11.2. The Morgan fingerprint density at radius 2 is 1.90 bits per heavy atom. The first-order valence-electron chi connectivity index (χ1n) is 12.0. The van der Waals surface area contributed by atoms with Crippen LogP contribution in [0, 0.1) is 23.2 Å². The molecule has 6 rings (SSSR count). The average molecular weight is 445 g/mol. The van der Waals surface area contributed by atoms with Crippen LogP contribution < -0.4 is 4.90 Å². The van der Waals surface area contributed by atoms with Gasteiger partial charge in [-0.2, -0.15) is 0 Å². The quantitative estimate of drug-likeness (QED) is 0.521. The maximum absolute atomic E-state index is 13.0. The molecule has 5 fully saturated rings. The fraction of sp³-hybridized carbons (Fsp3) is 0.720. The van der Waals surface area contributed by atoms with Gasteiger partial charge >= 0.3 is 5.97 Å². The van der Waals surface area contributed by atoms with E-state index in [0.29, 0.717) is 5.92 Å². The summed E-state index contributed by atoms with van der Waals surface area (Å²) >= 11 is 6.03. The van der Waals surface area contributed by atoms with E-state index in [1.807, 2.05) is 12.1 Å². The third-order valence-electron chi connectivity index (χ3n) is 9.21. The Balaban J connectivity index is 1.14. The van der Waals surface area contributed by atoms with Gasteiger partial charge < -0.3 is 14.4 Å². The standard InChI is InChI=1S/C25H33ClN2O3/c1-16-4-3-9-24(2)14-20-21(22-25(16,24)31-22)19(23(29)30-20)15-27-10-12-28(13-11-27)18-7-5-17(26)6-8-18/h5-8,16,19-22H,3-4,9-15H2,1-2H3/t16-,19-,20-,21+,22+,24+,25-/m1/s1. The number of piperazine rings is 1. The summed E-state index contributed by atoms with van der Waals surface area (Å²) in [4.78, 5) is 17.8. The van der Waals surface area contributed by atoms with Crippen molar-refractivity contribution in [3.05, 3.63) is 29.3 Å². The van der Waals surface area contributed by atoms with Crippen molar-refractivity contribution in [1.82, 2.24) is 4.90 Å². The zero-order chi connectivity index (χ0) is 21.4. The van der Waals surface area contributed by atoms with Crippen molar-refractivity contribution < 1.29 is 14.3 Å². The lowest BCUT2D eigenvalue weighted by Crippen LogP contribution is -2.55. The van der Waals surface area contributed by atoms with Gasteiger partial charge in [0.05, 0.1) is 12.0 Å². The van der Waals surface area contributed by atoms with Crippen molar-refractivity contribution in [1.29, 1.82) is 0 Å². The number of hydrogen-bond acceptors (Lipinski definition) is 5. The topological polar surface area (TPSA) is 45.3 Å². The van der Waals surface area contributed by atoms with Gasteiger partial charge in [0.2, 0.25) is 0 Å². The van der Waals surface area contributed by atoms with Gasteiger partial charge in [-0.15, -0.1) is 0 Å². The number of rotatable bonds is 3. The molecule has 7 atom stereocenters. The molecule has 0 amide bonds. The number of benzene rings is 1. The van der Waals surface area contributed by atoms with Crippen molar-refractivity contribution in [3.63, 3.8) is 0 Å². The molecule has 0 bridgehead atoms. The third kappa shape index (κ3) is 2.99. The summed E-state index contributed by atoms with van der Waals surface area (Å²) in [6.45, 7) is 9.42. The maximum Gasteiger partial charge on any atom is 0.311 e. The van der Waals surface area contributed by atoms with Gasteiger partial charge in [-0.1, -0.05) is 31.9 Å². The summed E-state index contributed by atoms with van der Waals surface area (Å²) in [6.07, 6.45) is 4.94. The highest BCUT2D eigenvalue weighted by atomic mass is 35.5. The summed E-state index contributed by atoms with van der Waals surface area (Å²) < 4.78 is 12.6. The minimum Gasteiger partial charge on any atom is -0.462 e. The molecule has 1 aromatic rings. The molecular weight excluding hydrogens is 412 g/mol. The molecule has 3 heterocycles. The van der Waals surface area contributed by atoms with Gasteiger partial charge in [0.1, 0.15) is 11.7 Å². The Kier molecular flexibility index (Phi) is 4.65. The monoisotopic (exact) mass is 444 g/mol. The third-order valence-corrected chi connectivity index (χ3v) is 9.46. The lowest BCUT2D eigenvalue weighted by atomic mass is 9.53. The molecule has 3 aliphatic heterocycles. The summed E-state index contributed by atoms with van der Waals surface area (Å²) in [5.74, 6) is 0.776. The van der Waals surface area contributed by atoms with E-state index in [-0.39, 0.29) is 41.0 Å². The van der Waals surface area contributed by atoms with Crippen molar-refractivity contribution in [2.75, 3.05) is 37.6 Å². The number of fused-ring (bicyclic) bond motifs is 2. The molecule has 5 aliphatic rings. The van der Waals surface area contributed by atoms with Crippen LogP contribution in [0.3, 0.4) is 0 Å². The molecule has 6 heteroatoms. The Hall–Kier alpha value is -1.30. The van der Waals surface area contributed by atoms with E-state index in [1.54, 1.807) is 0 Å². The number of ether oxygens (including phenoxy) is 2. The first-order chi connectivity index (χ1) is 14.9. The Morgan fingerprint density at radius 3 is 2.65 bits per heavy atom. The van der Waals surface area contributed by atoms with Crippen molar-refractivity contribution in [2.24, 2.45) is 23.2 Å². The molecule has 2 saturated carbocycles. The number of carbonyl (C=O) groups excluding carboxylic acids is 1. The normalized spacial score (nSPS) is 44.3. The highest BCUT2D eigenvalue weighted by Gasteiger charge is 2.78. The zero-order valence-electron chi connectivity index (χ0n) is 18.6. The van der Waals surface area contributed by atoms with Crippen molar-refractivity contribution in [3.8, 4) is 0 Å². The minimum absolute atomic E-state index is 0.00801. The fourth-order valence-corrected chi connectivity index (χ4v) is 7.69. The van der Waals surface area contributed by atoms with Crippen LogP contribution in [0.5, 0.6) is 0 Å². The van der Waals surface area contributed by atoms with Crippen LogP contribution in [-0.2, 0) is 14.3 Å². The molecule has 168 valence electrons. The molecule has 0 aromatic heterocycles. The largest absolute Gasteiger partial charge is 0.462 e. The van der Waals surface area contributed by atoms with Crippen LogP contribution in [0.15, 0.2) is 24.3 Å².